The van der Waals surface area contributed by atoms with Gasteiger partial charge in [0.2, 0.25) is 0 Å². The van der Waals surface area contributed by atoms with Gasteiger partial charge in [-0.1, -0.05) is 19.0 Å². The minimum Gasteiger partial charge on any atom is -0.409 e. The van der Waals surface area contributed by atoms with Gasteiger partial charge in [0.25, 0.3) is 0 Å². The summed E-state index contributed by atoms with van der Waals surface area (Å²) in [5, 5.41) is 12.0. The molecule has 0 aliphatic heterocycles. The van der Waals surface area contributed by atoms with Crippen LogP contribution in [-0.2, 0) is 0 Å². The highest BCUT2D eigenvalue weighted by atomic mass is 16.4. The Morgan fingerprint density at radius 3 is 2.50 bits per heavy atom. The monoisotopic (exact) mass is 250 g/mol. The fourth-order valence-corrected chi connectivity index (χ4v) is 2.01. The second-order valence-corrected chi connectivity index (χ2v) is 4.30. The molecule has 1 rings (SSSR count). The lowest BCUT2D eigenvalue weighted by Crippen LogP contribution is -2.29. The van der Waals surface area contributed by atoms with E-state index in [1.807, 2.05) is 13.0 Å². The van der Waals surface area contributed by atoms with Gasteiger partial charge in [-0.15, -0.1) is 0 Å². The maximum absolute atomic E-state index is 8.90. The molecule has 0 atom stereocenters. The molecule has 1 heterocycles. The van der Waals surface area contributed by atoms with Crippen molar-refractivity contribution in [1.29, 1.82) is 0 Å². The minimum absolute atomic E-state index is 0.118. The molecule has 1 aromatic rings. The van der Waals surface area contributed by atoms with Crippen molar-refractivity contribution in [1.82, 2.24) is 4.98 Å². The molecule has 0 amide bonds. The molecule has 0 aliphatic carbocycles. The Hall–Kier alpha value is -1.78. The number of nitrogens with zero attached hydrogens (tertiary/aromatic N) is 3. The zero-order chi connectivity index (χ0) is 13.5. The second-order valence-electron chi connectivity index (χ2n) is 4.30. The lowest BCUT2D eigenvalue weighted by atomic mass is 10.1. The van der Waals surface area contributed by atoms with E-state index < -0.39 is 0 Å². The molecule has 1 aromatic heterocycles. The van der Waals surface area contributed by atoms with Crippen LogP contribution in [0.4, 0.5) is 5.82 Å². The summed E-state index contributed by atoms with van der Waals surface area (Å²) in [4.78, 5) is 6.58. The predicted molar refractivity (Wildman–Crippen MR) is 74.3 cm³/mol. The maximum atomic E-state index is 8.90. The highest BCUT2D eigenvalue weighted by Gasteiger charge is 2.16. The van der Waals surface area contributed by atoms with Crippen molar-refractivity contribution < 1.29 is 5.21 Å². The third-order valence-corrected chi connectivity index (χ3v) is 2.79. The molecule has 0 aliphatic rings. The number of rotatable bonds is 6. The van der Waals surface area contributed by atoms with Gasteiger partial charge in [-0.25, -0.2) is 4.98 Å². The Labute approximate surface area is 108 Å². The lowest BCUT2D eigenvalue weighted by Gasteiger charge is -2.25. The fraction of sp³-hybridized carbons (Fsp3) is 0.538. The average Bonchev–Trinajstić information content (AvgIpc) is 2.37. The first-order valence-corrected chi connectivity index (χ1v) is 6.34. The first-order valence-electron chi connectivity index (χ1n) is 6.34. The van der Waals surface area contributed by atoms with Crippen LogP contribution in [0, 0.1) is 6.92 Å². The van der Waals surface area contributed by atoms with Crippen molar-refractivity contribution in [2.45, 2.75) is 33.6 Å². The van der Waals surface area contributed by atoms with Crippen molar-refractivity contribution in [3.63, 3.8) is 0 Å². The van der Waals surface area contributed by atoms with Crippen LogP contribution in [-0.4, -0.2) is 29.1 Å². The van der Waals surface area contributed by atoms with Crippen LogP contribution in [0.5, 0.6) is 0 Å². The topological polar surface area (TPSA) is 74.7 Å². The summed E-state index contributed by atoms with van der Waals surface area (Å²) < 4.78 is 0. The zero-order valence-corrected chi connectivity index (χ0v) is 11.3. The summed E-state index contributed by atoms with van der Waals surface area (Å²) in [7, 11) is 0. The SMILES string of the molecule is CCCN(CCC)c1nccc(C)c1/C(N)=N/O. The van der Waals surface area contributed by atoms with Gasteiger partial charge < -0.3 is 15.8 Å². The van der Waals surface area contributed by atoms with Crippen LogP contribution in [0.3, 0.4) is 0 Å². The van der Waals surface area contributed by atoms with Crippen LogP contribution in [0.1, 0.15) is 37.8 Å². The van der Waals surface area contributed by atoms with E-state index >= 15 is 0 Å². The molecular formula is C13H22N4O. The third kappa shape index (κ3) is 3.12. The molecule has 0 fully saturated rings. The first kappa shape index (κ1) is 14.3. The quantitative estimate of drug-likeness (QED) is 0.351. The van der Waals surface area contributed by atoms with Crippen molar-refractivity contribution in [2.24, 2.45) is 10.9 Å². The van der Waals surface area contributed by atoms with E-state index in [0.29, 0.717) is 0 Å². The minimum atomic E-state index is 0.118. The Kier molecular flexibility index (Phi) is 5.42. The number of hydrogen-bond donors (Lipinski definition) is 2. The summed E-state index contributed by atoms with van der Waals surface area (Å²) in [6.07, 6.45) is 3.83. The maximum Gasteiger partial charge on any atom is 0.174 e. The highest BCUT2D eigenvalue weighted by Crippen LogP contribution is 2.21. The summed E-state index contributed by atoms with van der Waals surface area (Å²) >= 11 is 0. The number of pyridine rings is 1. The van der Waals surface area contributed by atoms with E-state index in [1.165, 1.54) is 0 Å². The molecular weight excluding hydrogens is 228 g/mol. The van der Waals surface area contributed by atoms with Crippen molar-refractivity contribution in [3.8, 4) is 0 Å². The van der Waals surface area contributed by atoms with Crippen molar-refractivity contribution in [3.05, 3.63) is 23.4 Å². The smallest absolute Gasteiger partial charge is 0.174 e. The number of anilines is 1. The Balaban J connectivity index is 3.24. The van der Waals surface area contributed by atoms with Crippen molar-refractivity contribution >= 4 is 11.7 Å². The predicted octanol–water partition coefficient (Wildman–Crippen LogP) is 2.11. The normalized spacial score (nSPS) is 11.6. The Bertz CT molecular complexity index is 411. The van der Waals surface area contributed by atoms with E-state index in [2.05, 4.69) is 28.9 Å². The summed E-state index contributed by atoms with van der Waals surface area (Å²) in [5.41, 5.74) is 7.45. The number of nitrogens with two attached hydrogens (primary N) is 1. The number of oxime groups is 1. The van der Waals surface area contributed by atoms with Crippen LogP contribution in [0.2, 0.25) is 0 Å². The summed E-state index contributed by atoms with van der Waals surface area (Å²) in [6, 6.07) is 1.87. The highest BCUT2D eigenvalue weighted by molar-refractivity contribution is 6.02. The summed E-state index contributed by atoms with van der Waals surface area (Å²) in [6.45, 7) is 8.02. The Morgan fingerprint density at radius 2 is 2.00 bits per heavy atom. The van der Waals surface area contributed by atoms with Gasteiger partial charge in [0.1, 0.15) is 5.82 Å². The first-order chi connectivity index (χ1) is 8.65. The number of aryl methyl sites for hydroxylation is 1. The lowest BCUT2D eigenvalue weighted by molar-refractivity contribution is 0.318. The van der Waals surface area contributed by atoms with Gasteiger partial charge in [0.15, 0.2) is 5.84 Å². The molecule has 100 valence electrons. The molecule has 5 heteroatoms. The van der Waals surface area contributed by atoms with Gasteiger partial charge in [0.05, 0.1) is 5.56 Å². The van der Waals surface area contributed by atoms with E-state index in [4.69, 9.17) is 10.9 Å². The zero-order valence-electron chi connectivity index (χ0n) is 11.3. The number of amidine groups is 1. The van der Waals surface area contributed by atoms with E-state index in [9.17, 15) is 0 Å². The molecule has 0 spiro atoms. The molecule has 0 bridgehead atoms. The molecule has 0 saturated heterocycles. The van der Waals surface area contributed by atoms with E-state index in [-0.39, 0.29) is 5.84 Å². The van der Waals surface area contributed by atoms with E-state index in [0.717, 1.165) is 42.9 Å². The van der Waals surface area contributed by atoms with Gasteiger partial charge in [0, 0.05) is 19.3 Å². The van der Waals surface area contributed by atoms with Crippen LogP contribution < -0.4 is 10.6 Å². The largest absolute Gasteiger partial charge is 0.409 e. The summed E-state index contributed by atoms with van der Waals surface area (Å²) in [5.74, 6) is 0.918. The second kappa shape index (κ2) is 6.83. The van der Waals surface area contributed by atoms with Crippen LogP contribution in [0.15, 0.2) is 17.4 Å². The third-order valence-electron chi connectivity index (χ3n) is 2.79. The van der Waals surface area contributed by atoms with Gasteiger partial charge in [-0.05, 0) is 31.4 Å². The molecule has 0 unspecified atom stereocenters. The van der Waals surface area contributed by atoms with Crippen molar-refractivity contribution in [2.75, 3.05) is 18.0 Å². The molecule has 0 aromatic carbocycles. The molecule has 18 heavy (non-hydrogen) atoms. The standard InChI is InChI=1S/C13H22N4O/c1-4-8-17(9-5-2)13-11(12(14)16-18)10(3)6-7-15-13/h6-7,18H,4-5,8-9H2,1-3H3,(H2,14,16). The van der Waals surface area contributed by atoms with Crippen LogP contribution >= 0.6 is 0 Å². The molecule has 0 saturated carbocycles. The van der Waals surface area contributed by atoms with Gasteiger partial charge in [-0.2, -0.15) is 0 Å². The average molecular weight is 250 g/mol. The molecule has 0 radical (unpaired) electrons. The number of aromatic nitrogens is 1. The molecule has 3 N–H and O–H groups in total. The van der Waals surface area contributed by atoms with Gasteiger partial charge >= 0.3 is 0 Å². The van der Waals surface area contributed by atoms with Crippen LogP contribution in [0.25, 0.3) is 0 Å². The van der Waals surface area contributed by atoms with Gasteiger partial charge in [-0.3, -0.25) is 0 Å². The molecule has 5 nitrogen and oxygen atoms in total. The number of hydrogen-bond acceptors (Lipinski definition) is 4. The fourth-order valence-electron chi connectivity index (χ4n) is 2.01. The van der Waals surface area contributed by atoms with E-state index in [1.54, 1.807) is 6.20 Å². The Morgan fingerprint density at radius 1 is 1.39 bits per heavy atom.